The predicted octanol–water partition coefficient (Wildman–Crippen LogP) is 3.14. The molecule has 148 valence electrons. The molecule has 1 amide bonds. The van der Waals surface area contributed by atoms with Crippen molar-refractivity contribution in [2.75, 3.05) is 18.6 Å². The molecule has 0 saturated heterocycles. The number of fused-ring (bicyclic) bond motifs is 2. The molecule has 7 nitrogen and oxygen atoms in total. The third kappa shape index (κ3) is 3.31. The number of nitrogens with zero attached hydrogens (tertiary/aromatic N) is 5. The third-order valence-electron chi connectivity index (χ3n) is 5.62. The molecule has 3 aromatic rings. The second-order valence-corrected chi connectivity index (χ2v) is 7.31. The molecule has 1 aromatic carbocycles. The Morgan fingerprint density at radius 3 is 2.93 bits per heavy atom. The van der Waals surface area contributed by atoms with E-state index in [2.05, 4.69) is 16.2 Å². The highest BCUT2D eigenvalue weighted by atomic mass is 16.5. The van der Waals surface area contributed by atoms with Gasteiger partial charge in [-0.15, -0.1) is 0 Å². The quantitative estimate of drug-likeness (QED) is 0.684. The minimum Gasteiger partial charge on any atom is -0.497 e. The summed E-state index contributed by atoms with van der Waals surface area (Å²) >= 11 is 0. The van der Waals surface area contributed by atoms with Crippen LogP contribution in [-0.4, -0.2) is 34.2 Å². The molecule has 0 saturated carbocycles. The minimum atomic E-state index is 0.105. The monoisotopic (exact) mass is 389 g/mol. The lowest BCUT2D eigenvalue weighted by Crippen LogP contribution is -2.35. The van der Waals surface area contributed by atoms with E-state index in [0.717, 1.165) is 53.3 Å². The molecule has 4 rings (SSSR count). The van der Waals surface area contributed by atoms with Gasteiger partial charge in [0.1, 0.15) is 17.4 Å². The second-order valence-electron chi connectivity index (χ2n) is 7.31. The van der Waals surface area contributed by atoms with E-state index < -0.39 is 0 Å². The number of ether oxygens (including phenoxy) is 1. The maximum absolute atomic E-state index is 13.0. The van der Waals surface area contributed by atoms with Gasteiger partial charge in [-0.1, -0.05) is 0 Å². The lowest BCUT2D eigenvalue weighted by atomic mass is 10.00. The van der Waals surface area contributed by atoms with E-state index in [4.69, 9.17) is 4.74 Å². The fourth-order valence-corrected chi connectivity index (χ4v) is 4.08. The van der Waals surface area contributed by atoms with Crippen molar-refractivity contribution in [3.8, 4) is 11.8 Å². The van der Waals surface area contributed by atoms with Gasteiger partial charge in [0.15, 0.2) is 5.65 Å². The van der Waals surface area contributed by atoms with Crippen LogP contribution in [0.1, 0.15) is 40.9 Å². The Kier molecular flexibility index (Phi) is 4.93. The van der Waals surface area contributed by atoms with Crippen molar-refractivity contribution in [1.82, 2.24) is 14.6 Å². The number of amides is 1. The molecule has 0 spiro atoms. The van der Waals surface area contributed by atoms with Crippen LogP contribution in [0.15, 0.2) is 24.4 Å². The van der Waals surface area contributed by atoms with E-state index >= 15 is 0 Å². The Morgan fingerprint density at radius 2 is 2.17 bits per heavy atom. The molecule has 1 aliphatic rings. The zero-order chi connectivity index (χ0) is 20.5. The second kappa shape index (κ2) is 7.55. The first-order chi connectivity index (χ1) is 14.0. The first kappa shape index (κ1) is 18.9. The largest absolute Gasteiger partial charge is 0.497 e. The van der Waals surface area contributed by atoms with Gasteiger partial charge in [0.25, 0.3) is 0 Å². The van der Waals surface area contributed by atoms with Crippen LogP contribution in [0.5, 0.6) is 5.75 Å². The molecule has 0 N–H and O–H groups in total. The van der Waals surface area contributed by atoms with Crippen molar-refractivity contribution < 1.29 is 9.53 Å². The average Bonchev–Trinajstić information content (AvgIpc) is 3.15. The van der Waals surface area contributed by atoms with Gasteiger partial charge in [0, 0.05) is 30.0 Å². The lowest BCUT2D eigenvalue weighted by molar-refractivity contribution is -0.118. The first-order valence-electron chi connectivity index (χ1n) is 9.74. The molecule has 1 aliphatic heterocycles. The number of carbonyl (C=O) groups is 1. The summed E-state index contributed by atoms with van der Waals surface area (Å²) in [5.74, 6) is 0.924. The summed E-state index contributed by atoms with van der Waals surface area (Å²) in [6, 6.07) is 8.02. The SMILES string of the molecule is COc1ccc2c(c1)CCCN2C(=O)CCc1c(C)nc2c(C#N)cnn2c1C. The highest BCUT2D eigenvalue weighted by Crippen LogP contribution is 2.31. The van der Waals surface area contributed by atoms with Crippen LogP contribution in [0.4, 0.5) is 5.69 Å². The van der Waals surface area contributed by atoms with E-state index in [-0.39, 0.29) is 5.91 Å². The van der Waals surface area contributed by atoms with Gasteiger partial charge in [0.05, 0.1) is 13.3 Å². The number of benzene rings is 1. The first-order valence-corrected chi connectivity index (χ1v) is 9.74. The molecule has 0 aliphatic carbocycles. The Morgan fingerprint density at radius 1 is 1.34 bits per heavy atom. The number of carbonyl (C=O) groups excluding carboxylic acids is 1. The summed E-state index contributed by atoms with van der Waals surface area (Å²) in [4.78, 5) is 19.5. The van der Waals surface area contributed by atoms with E-state index in [1.807, 2.05) is 36.9 Å². The van der Waals surface area contributed by atoms with Crippen LogP contribution >= 0.6 is 0 Å². The van der Waals surface area contributed by atoms with Crippen LogP contribution in [0.3, 0.4) is 0 Å². The molecule has 29 heavy (non-hydrogen) atoms. The number of aromatic nitrogens is 3. The number of hydrogen-bond acceptors (Lipinski definition) is 5. The highest BCUT2D eigenvalue weighted by molar-refractivity contribution is 5.94. The van der Waals surface area contributed by atoms with Crippen molar-refractivity contribution in [3.05, 3.63) is 52.5 Å². The maximum Gasteiger partial charge on any atom is 0.227 e. The molecular formula is C22H23N5O2. The molecule has 0 unspecified atom stereocenters. The van der Waals surface area contributed by atoms with Crippen LogP contribution in [0.2, 0.25) is 0 Å². The molecule has 0 bridgehead atoms. The van der Waals surface area contributed by atoms with Crippen LogP contribution in [-0.2, 0) is 17.6 Å². The summed E-state index contributed by atoms with van der Waals surface area (Å²) in [5, 5.41) is 13.5. The van der Waals surface area contributed by atoms with Gasteiger partial charge in [-0.05, 0) is 62.4 Å². The number of nitriles is 1. The summed E-state index contributed by atoms with van der Waals surface area (Å²) in [5.41, 5.74) is 5.92. The number of methoxy groups -OCH3 is 1. The summed E-state index contributed by atoms with van der Waals surface area (Å²) in [6.07, 6.45) is 4.41. The van der Waals surface area contributed by atoms with Gasteiger partial charge in [0.2, 0.25) is 5.91 Å². The maximum atomic E-state index is 13.0. The van der Waals surface area contributed by atoms with E-state index in [0.29, 0.717) is 24.1 Å². The summed E-state index contributed by atoms with van der Waals surface area (Å²) in [6.45, 7) is 4.61. The lowest BCUT2D eigenvalue weighted by Gasteiger charge is -2.30. The van der Waals surface area contributed by atoms with Crippen molar-refractivity contribution in [2.24, 2.45) is 0 Å². The van der Waals surface area contributed by atoms with E-state index in [1.165, 1.54) is 6.20 Å². The molecule has 0 radical (unpaired) electrons. The normalized spacial score (nSPS) is 13.2. The molecule has 0 atom stereocenters. The van der Waals surface area contributed by atoms with Crippen molar-refractivity contribution in [1.29, 1.82) is 5.26 Å². The summed E-state index contributed by atoms with van der Waals surface area (Å²) < 4.78 is 7.00. The van der Waals surface area contributed by atoms with Crippen LogP contribution < -0.4 is 9.64 Å². The third-order valence-corrected chi connectivity index (χ3v) is 5.62. The number of hydrogen-bond donors (Lipinski definition) is 0. The fraction of sp³-hybridized carbons (Fsp3) is 0.364. The molecular weight excluding hydrogens is 366 g/mol. The smallest absolute Gasteiger partial charge is 0.227 e. The van der Waals surface area contributed by atoms with Gasteiger partial charge >= 0.3 is 0 Å². The van der Waals surface area contributed by atoms with E-state index in [9.17, 15) is 10.1 Å². The number of aryl methyl sites for hydroxylation is 3. The Bertz CT molecular complexity index is 1140. The van der Waals surface area contributed by atoms with Gasteiger partial charge in [-0.3, -0.25) is 4.79 Å². The van der Waals surface area contributed by atoms with E-state index in [1.54, 1.807) is 11.6 Å². The Labute approximate surface area is 169 Å². The summed E-state index contributed by atoms with van der Waals surface area (Å²) in [7, 11) is 1.65. The minimum absolute atomic E-state index is 0.105. The van der Waals surface area contributed by atoms with Gasteiger partial charge in [-0.2, -0.15) is 10.4 Å². The van der Waals surface area contributed by atoms with Crippen LogP contribution in [0, 0.1) is 25.2 Å². The molecule has 2 aromatic heterocycles. The fourth-order valence-electron chi connectivity index (χ4n) is 4.08. The zero-order valence-corrected chi connectivity index (χ0v) is 16.9. The standard InChI is InChI=1S/C22H23N5O2/c1-14-19(15(2)27-22(25-14)17(12-23)13-24-27)7-9-21(28)26-10-4-5-16-11-18(29-3)6-8-20(16)26/h6,8,11,13H,4-5,7,9-10H2,1-3H3. The molecule has 3 heterocycles. The number of rotatable bonds is 4. The van der Waals surface area contributed by atoms with Crippen molar-refractivity contribution >= 4 is 17.2 Å². The Hall–Kier alpha value is -3.40. The average molecular weight is 389 g/mol. The molecule has 7 heteroatoms. The highest BCUT2D eigenvalue weighted by Gasteiger charge is 2.23. The molecule has 0 fully saturated rings. The zero-order valence-electron chi connectivity index (χ0n) is 16.9. The Balaban J connectivity index is 1.56. The van der Waals surface area contributed by atoms with Gasteiger partial charge < -0.3 is 9.64 Å². The van der Waals surface area contributed by atoms with Gasteiger partial charge in [-0.25, -0.2) is 9.50 Å². The predicted molar refractivity (Wildman–Crippen MR) is 109 cm³/mol. The van der Waals surface area contributed by atoms with Crippen LogP contribution in [0.25, 0.3) is 5.65 Å². The van der Waals surface area contributed by atoms with Crippen molar-refractivity contribution in [2.45, 2.75) is 39.5 Å². The number of anilines is 1. The van der Waals surface area contributed by atoms with Crippen molar-refractivity contribution in [3.63, 3.8) is 0 Å². The topological polar surface area (TPSA) is 83.5 Å².